The van der Waals surface area contributed by atoms with Crippen molar-refractivity contribution in [3.8, 4) is 0 Å². The molecule has 4 rings (SSSR count). The first-order chi connectivity index (χ1) is 14.7. The molecule has 3 aromatic rings. The van der Waals surface area contributed by atoms with Crippen LogP contribution in [0.15, 0.2) is 29.4 Å². The zero-order valence-corrected chi connectivity index (χ0v) is 19.3. The smallest absolute Gasteiger partial charge is 0.246 e. The number of para-hydroxylation sites is 2. The maximum Gasteiger partial charge on any atom is 0.246 e. The topological polar surface area (TPSA) is 88.0 Å². The second-order valence-electron chi connectivity index (χ2n) is 9.38. The number of amides is 1. The highest BCUT2D eigenvalue weighted by Gasteiger charge is 2.57. The maximum atomic E-state index is 13.3. The summed E-state index contributed by atoms with van der Waals surface area (Å²) in [5.74, 6) is 1.09. The van der Waals surface area contributed by atoms with E-state index in [4.69, 9.17) is 4.98 Å². The number of nitrogens with zero attached hydrogens (tertiary/aromatic N) is 4. The maximum absolute atomic E-state index is 13.3. The Kier molecular flexibility index (Phi) is 5.23. The van der Waals surface area contributed by atoms with Crippen LogP contribution < -0.4 is 5.43 Å². The second-order valence-corrected chi connectivity index (χ2v) is 9.38. The number of H-pyrrole nitrogens is 1. The summed E-state index contributed by atoms with van der Waals surface area (Å²) in [6.45, 7) is 13.2. The number of aryl methyl sites for hydroxylation is 2. The zero-order valence-electron chi connectivity index (χ0n) is 19.3. The van der Waals surface area contributed by atoms with E-state index in [1.807, 2.05) is 49.7 Å². The van der Waals surface area contributed by atoms with E-state index in [1.54, 1.807) is 6.21 Å². The Balaban J connectivity index is 1.53. The van der Waals surface area contributed by atoms with Gasteiger partial charge in [0.05, 0.1) is 28.4 Å². The Morgan fingerprint density at radius 3 is 2.74 bits per heavy atom. The van der Waals surface area contributed by atoms with Crippen molar-refractivity contribution in [2.24, 2.45) is 15.9 Å². The molecule has 0 radical (unpaired) electrons. The molecule has 1 aromatic carbocycles. The number of benzene rings is 1. The van der Waals surface area contributed by atoms with Gasteiger partial charge in [-0.1, -0.05) is 32.9 Å². The summed E-state index contributed by atoms with van der Waals surface area (Å²) < 4.78 is 1.94. The minimum atomic E-state index is -0.550. The third kappa shape index (κ3) is 3.36. The third-order valence-corrected chi connectivity index (χ3v) is 7.56. The molecule has 1 aliphatic rings. The Morgan fingerprint density at radius 2 is 2.06 bits per heavy atom. The highest BCUT2D eigenvalue weighted by atomic mass is 16.2. The van der Waals surface area contributed by atoms with E-state index < -0.39 is 5.41 Å². The highest BCUT2D eigenvalue weighted by molar-refractivity contribution is 5.87. The van der Waals surface area contributed by atoms with E-state index >= 15 is 0 Å². The molecule has 2 heterocycles. The van der Waals surface area contributed by atoms with E-state index in [0.29, 0.717) is 0 Å². The van der Waals surface area contributed by atoms with Crippen molar-refractivity contribution >= 4 is 23.2 Å². The first kappa shape index (κ1) is 21.3. The fourth-order valence-corrected chi connectivity index (χ4v) is 5.01. The molecule has 0 aliphatic heterocycles. The average Bonchev–Trinajstić information content (AvgIpc) is 3.35. The molecule has 2 unspecified atom stereocenters. The molecule has 7 heteroatoms. The molecule has 164 valence electrons. The van der Waals surface area contributed by atoms with Gasteiger partial charge in [-0.15, -0.1) is 0 Å². The van der Waals surface area contributed by atoms with Gasteiger partial charge < -0.3 is 4.98 Å². The largest absolute Gasteiger partial charge is 0.342 e. The number of rotatable bonds is 5. The zero-order chi connectivity index (χ0) is 22.4. The van der Waals surface area contributed by atoms with Gasteiger partial charge in [-0.2, -0.15) is 10.2 Å². The van der Waals surface area contributed by atoms with Crippen LogP contribution in [0.4, 0.5) is 0 Å². The number of fused-ring (bicyclic) bond motifs is 1. The van der Waals surface area contributed by atoms with Crippen molar-refractivity contribution < 1.29 is 4.79 Å². The quantitative estimate of drug-likeness (QED) is 0.472. The van der Waals surface area contributed by atoms with Crippen molar-refractivity contribution in [2.75, 3.05) is 0 Å². The molecule has 7 nitrogen and oxygen atoms in total. The summed E-state index contributed by atoms with van der Waals surface area (Å²) in [6.07, 6.45) is 3.40. The number of imidazole rings is 1. The second kappa shape index (κ2) is 7.62. The predicted octanol–water partition coefficient (Wildman–Crippen LogP) is 4.46. The van der Waals surface area contributed by atoms with Crippen LogP contribution in [0.2, 0.25) is 0 Å². The van der Waals surface area contributed by atoms with Crippen LogP contribution in [0.5, 0.6) is 0 Å². The monoisotopic (exact) mass is 420 g/mol. The van der Waals surface area contributed by atoms with Crippen LogP contribution in [0, 0.1) is 24.7 Å². The van der Waals surface area contributed by atoms with Crippen molar-refractivity contribution in [1.29, 1.82) is 0 Å². The Morgan fingerprint density at radius 1 is 1.32 bits per heavy atom. The molecule has 2 aromatic heterocycles. The first-order valence-electron chi connectivity index (χ1n) is 11.0. The lowest BCUT2D eigenvalue weighted by atomic mass is 9.65. The number of nitrogens with one attached hydrogen (secondary N) is 2. The van der Waals surface area contributed by atoms with E-state index in [2.05, 4.69) is 41.4 Å². The van der Waals surface area contributed by atoms with Gasteiger partial charge in [0.15, 0.2) is 0 Å². The van der Waals surface area contributed by atoms with Gasteiger partial charge in [0.1, 0.15) is 5.82 Å². The minimum Gasteiger partial charge on any atom is -0.342 e. The fraction of sp³-hybridized carbons (Fsp3) is 0.500. The first-order valence-corrected chi connectivity index (χ1v) is 11.0. The number of carbonyl (C=O) groups excluding carboxylic acids is 1. The highest BCUT2D eigenvalue weighted by Crippen LogP contribution is 2.59. The molecule has 1 saturated carbocycles. The molecule has 0 spiro atoms. The van der Waals surface area contributed by atoms with Crippen molar-refractivity contribution in [1.82, 2.24) is 25.2 Å². The average molecular weight is 421 g/mol. The van der Waals surface area contributed by atoms with Crippen LogP contribution in [-0.4, -0.2) is 31.9 Å². The van der Waals surface area contributed by atoms with Crippen molar-refractivity contribution in [3.05, 3.63) is 47.0 Å². The molecule has 2 N–H and O–H groups in total. The van der Waals surface area contributed by atoms with Crippen LogP contribution >= 0.6 is 0 Å². The SMILES string of the molecule is CCn1nc(C)c(/C=N/NC(=O)C2(C)CCC(c3nc4ccccc4[nH]3)C2(C)C)c1C. The summed E-state index contributed by atoms with van der Waals surface area (Å²) in [7, 11) is 0. The number of hydrogen-bond acceptors (Lipinski definition) is 4. The normalized spacial score (nSPS) is 23.1. The molecule has 2 atom stereocenters. The Hall–Kier alpha value is -2.96. The van der Waals surface area contributed by atoms with Crippen LogP contribution in [0.3, 0.4) is 0 Å². The van der Waals surface area contributed by atoms with Crippen LogP contribution in [0.25, 0.3) is 11.0 Å². The molecule has 1 aliphatic carbocycles. The lowest BCUT2D eigenvalue weighted by Gasteiger charge is -2.39. The van der Waals surface area contributed by atoms with Crippen LogP contribution in [0.1, 0.15) is 69.2 Å². The number of aromatic nitrogens is 4. The summed E-state index contributed by atoms with van der Waals surface area (Å²) in [5.41, 5.74) is 6.91. The van der Waals surface area contributed by atoms with Gasteiger partial charge in [0.25, 0.3) is 0 Å². The number of hydrazone groups is 1. The number of carbonyl (C=O) groups is 1. The summed E-state index contributed by atoms with van der Waals surface area (Å²) >= 11 is 0. The Bertz CT molecular complexity index is 1120. The van der Waals surface area contributed by atoms with E-state index in [0.717, 1.165) is 53.2 Å². The van der Waals surface area contributed by atoms with E-state index in [1.165, 1.54) is 0 Å². The van der Waals surface area contributed by atoms with E-state index in [9.17, 15) is 4.79 Å². The summed E-state index contributed by atoms with van der Waals surface area (Å²) in [5, 5.41) is 8.80. The molecule has 1 amide bonds. The van der Waals surface area contributed by atoms with Gasteiger partial charge in [-0.25, -0.2) is 10.4 Å². The number of aromatic amines is 1. The lowest BCUT2D eigenvalue weighted by molar-refractivity contribution is -0.135. The van der Waals surface area contributed by atoms with Crippen LogP contribution in [-0.2, 0) is 11.3 Å². The lowest BCUT2D eigenvalue weighted by Crippen LogP contribution is -2.45. The molecule has 0 saturated heterocycles. The van der Waals surface area contributed by atoms with Gasteiger partial charge in [-0.05, 0) is 51.2 Å². The van der Waals surface area contributed by atoms with Gasteiger partial charge >= 0.3 is 0 Å². The number of hydrogen-bond donors (Lipinski definition) is 2. The minimum absolute atomic E-state index is 0.0504. The fourth-order valence-electron chi connectivity index (χ4n) is 5.01. The Labute approximate surface area is 183 Å². The van der Waals surface area contributed by atoms with Gasteiger partial charge in [0, 0.05) is 23.7 Å². The molecular weight excluding hydrogens is 388 g/mol. The van der Waals surface area contributed by atoms with Crippen molar-refractivity contribution in [3.63, 3.8) is 0 Å². The standard InChI is InChI=1S/C24H32N6O/c1-7-30-16(3)17(15(2)29-30)14-25-28-22(31)24(6)13-12-18(23(24,4)5)21-26-19-10-8-9-11-20(19)27-21/h8-11,14,18H,7,12-13H2,1-6H3,(H,26,27)(H,28,31)/b25-14+. The summed E-state index contributed by atoms with van der Waals surface area (Å²) in [4.78, 5) is 21.6. The van der Waals surface area contributed by atoms with Crippen molar-refractivity contribution in [2.45, 2.75) is 66.8 Å². The summed E-state index contributed by atoms with van der Waals surface area (Å²) in [6, 6.07) is 8.06. The molecule has 31 heavy (non-hydrogen) atoms. The molecule has 0 bridgehead atoms. The predicted molar refractivity (Wildman–Crippen MR) is 123 cm³/mol. The van der Waals surface area contributed by atoms with Gasteiger partial charge in [0.2, 0.25) is 5.91 Å². The van der Waals surface area contributed by atoms with Gasteiger partial charge in [-0.3, -0.25) is 9.48 Å². The molecular formula is C24H32N6O. The molecule has 1 fully saturated rings. The van der Waals surface area contributed by atoms with E-state index in [-0.39, 0.29) is 17.2 Å². The third-order valence-electron chi connectivity index (χ3n) is 7.56.